The first kappa shape index (κ1) is 13.1. The van der Waals surface area contributed by atoms with Crippen molar-refractivity contribution in [2.24, 2.45) is 0 Å². The third-order valence-corrected chi connectivity index (χ3v) is 4.61. The molecule has 1 aliphatic rings. The summed E-state index contributed by atoms with van der Waals surface area (Å²) >= 11 is 11.5. The van der Waals surface area contributed by atoms with Gasteiger partial charge < -0.3 is 4.74 Å². The highest BCUT2D eigenvalue weighted by Crippen LogP contribution is 2.24. The molecule has 0 spiro atoms. The van der Waals surface area contributed by atoms with Crippen LogP contribution in [0.15, 0.2) is 17.0 Å². The molecule has 2 rings (SSSR count). The predicted octanol–water partition coefficient (Wildman–Crippen LogP) is 1.81. The first-order chi connectivity index (χ1) is 8.00. The fraction of sp³-hybridized carbons (Fsp3) is 0.400. The van der Waals surface area contributed by atoms with Crippen LogP contribution in [-0.2, 0) is 14.8 Å². The van der Waals surface area contributed by atoms with Crippen molar-refractivity contribution >= 4 is 33.2 Å². The first-order valence-corrected chi connectivity index (χ1v) is 7.16. The van der Waals surface area contributed by atoms with Gasteiger partial charge in [0.2, 0.25) is 10.0 Å². The van der Waals surface area contributed by atoms with Gasteiger partial charge >= 0.3 is 0 Å². The molecule has 0 atom stereocenters. The molecular formula is C10H10Cl2NO3S. The van der Waals surface area contributed by atoms with Crippen molar-refractivity contribution < 1.29 is 13.2 Å². The lowest BCUT2D eigenvalue weighted by atomic mass is 10.4. The minimum Gasteiger partial charge on any atom is -0.379 e. The van der Waals surface area contributed by atoms with E-state index in [4.69, 9.17) is 27.9 Å². The Balaban J connectivity index is 2.36. The number of halogens is 2. The highest BCUT2D eigenvalue weighted by molar-refractivity contribution is 7.89. The average molecular weight is 295 g/mol. The number of hydrogen-bond acceptors (Lipinski definition) is 3. The summed E-state index contributed by atoms with van der Waals surface area (Å²) in [5.74, 6) is 0. The van der Waals surface area contributed by atoms with Crippen molar-refractivity contribution in [2.75, 3.05) is 26.3 Å². The topological polar surface area (TPSA) is 46.6 Å². The van der Waals surface area contributed by atoms with Crippen LogP contribution in [-0.4, -0.2) is 39.0 Å². The summed E-state index contributed by atoms with van der Waals surface area (Å²) in [6.45, 7) is 1.46. The van der Waals surface area contributed by atoms with Gasteiger partial charge in [0, 0.05) is 24.2 Å². The van der Waals surface area contributed by atoms with E-state index in [1.807, 2.05) is 0 Å². The molecule has 0 saturated carbocycles. The van der Waals surface area contributed by atoms with Crippen LogP contribution in [0.2, 0.25) is 10.0 Å². The van der Waals surface area contributed by atoms with E-state index in [1.54, 1.807) is 0 Å². The lowest BCUT2D eigenvalue weighted by molar-refractivity contribution is 0.0730. The number of benzene rings is 1. The van der Waals surface area contributed by atoms with Crippen molar-refractivity contribution in [1.29, 1.82) is 0 Å². The maximum atomic E-state index is 12.2. The van der Waals surface area contributed by atoms with Crippen LogP contribution >= 0.6 is 23.2 Å². The smallest absolute Gasteiger partial charge is 0.243 e. The van der Waals surface area contributed by atoms with E-state index in [0.717, 1.165) is 0 Å². The van der Waals surface area contributed by atoms with Crippen LogP contribution in [0.3, 0.4) is 0 Å². The molecule has 1 aromatic carbocycles. The van der Waals surface area contributed by atoms with Gasteiger partial charge in [0.15, 0.2) is 0 Å². The van der Waals surface area contributed by atoms with E-state index in [0.29, 0.717) is 26.3 Å². The van der Waals surface area contributed by atoms with Gasteiger partial charge in [-0.25, -0.2) is 8.42 Å². The molecule has 93 valence electrons. The second-order valence-corrected chi connectivity index (χ2v) is 6.28. The van der Waals surface area contributed by atoms with Gasteiger partial charge in [-0.2, -0.15) is 4.31 Å². The second-order valence-electron chi connectivity index (χ2n) is 3.53. The van der Waals surface area contributed by atoms with Crippen LogP contribution in [0.5, 0.6) is 0 Å². The summed E-state index contributed by atoms with van der Waals surface area (Å²) in [4.78, 5) is -0.00287. The fourth-order valence-electron chi connectivity index (χ4n) is 1.54. The van der Waals surface area contributed by atoms with Crippen molar-refractivity contribution in [3.63, 3.8) is 0 Å². The maximum Gasteiger partial charge on any atom is 0.243 e. The summed E-state index contributed by atoms with van der Waals surface area (Å²) < 4.78 is 30.9. The third kappa shape index (κ3) is 2.92. The van der Waals surface area contributed by atoms with Gasteiger partial charge in [-0.1, -0.05) is 23.2 Å². The van der Waals surface area contributed by atoms with Gasteiger partial charge in [0.05, 0.1) is 23.1 Å². The van der Waals surface area contributed by atoms with E-state index in [-0.39, 0.29) is 14.9 Å². The van der Waals surface area contributed by atoms with Crippen molar-refractivity contribution in [3.8, 4) is 0 Å². The zero-order chi connectivity index (χ0) is 12.5. The van der Waals surface area contributed by atoms with Crippen LogP contribution in [0.4, 0.5) is 0 Å². The maximum absolute atomic E-state index is 12.2. The van der Waals surface area contributed by atoms with Crippen molar-refractivity contribution in [3.05, 3.63) is 28.2 Å². The standard InChI is InChI=1S/C10H10Cl2NO3S/c11-8-5-9(12)7-10(6-8)17(14,15)13-1-3-16-4-2-13/h5-6H,1-4H2. The Morgan fingerprint density at radius 1 is 1.24 bits per heavy atom. The van der Waals surface area contributed by atoms with E-state index < -0.39 is 10.0 Å². The molecule has 1 saturated heterocycles. The number of nitrogens with zero attached hydrogens (tertiary/aromatic N) is 1. The van der Waals surface area contributed by atoms with Crippen LogP contribution in [0.25, 0.3) is 0 Å². The van der Waals surface area contributed by atoms with Crippen molar-refractivity contribution in [2.45, 2.75) is 4.90 Å². The normalized spacial score (nSPS) is 18.2. The van der Waals surface area contributed by atoms with E-state index >= 15 is 0 Å². The lowest BCUT2D eigenvalue weighted by Gasteiger charge is -2.26. The minimum absolute atomic E-state index is 0.00287. The zero-order valence-electron chi connectivity index (χ0n) is 8.82. The van der Waals surface area contributed by atoms with Gasteiger partial charge in [0.25, 0.3) is 0 Å². The Bertz CT molecular complexity index is 492. The summed E-state index contributed by atoms with van der Waals surface area (Å²) in [6, 6.07) is 5.39. The Labute approximate surface area is 110 Å². The summed E-state index contributed by atoms with van der Waals surface area (Å²) in [5, 5.41) is 0.463. The van der Waals surface area contributed by atoms with Crippen LogP contribution in [0, 0.1) is 6.07 Å². The Hall–Kier alpha value is -0.330. The largest absolute Gasteiger partial charge is 0.379 e. The molecule has 0 unspecified atom stereocenters. The Kier molecular flexibility index (Phi) is 3.95. The van der Waals surface area contributed by atoms with Gasteiger partial charge in [-0.05, 0) is 12.1 Å². The molecule has 0 aromatic heterocycles. The number of rotatable bonds is 2. The molecular weight excluding hydrogens is 285 g/mol. The summed E-state index contributed by atoms with van der Waals surface area (Å²) in [6.07, 6.45) is 0. The predicted molar refractivity (Wildman–Crippen MR) is 64.9 cm³/mol. The summed E-state index contributed by atoms with van der Waals surface area (Å²) in [5.41, 5.74) is 0. The zero-order valence-corrected chi connectivity index (χ0v) is 11.1. The molecule has 0 amide bonds. The SMILES string of the molecule is O=S(=O)(c1[c]c(Cl)cc(Cl)c1)N1CCOCC1. The van der Waals surface area contributed by atoms with Gasteiger partial charge in [0.1, 0.15) is 0 Å². The fourth-order valence-corrected chi connectivity index (χ4v) is 3.58. The van der Waals surface area contributed by atoms with Crippen LogP contribution < -0.4 is 0 Å². The molecule has 17 heavy (non-hydrogen) atoms. The average Bonchev–Trinajstić information content (AvgIpc) is 2.29. The number of sulfonamides is 1. The van der Waals surface area contributed by atoms with Gasteiger partial charge in [-0.15, -0.1) is 0 Å². The highest BCUT2D eigenvalue weighted by Gasteiger charge is 2.27. The number of ether oxygens (including phenoxy) is 1. The molecule has 1 aromatic rings. The monoisotopic (exact) mass is 294 g/mol. The van der Waals surface area contributed by atoms with E-state index in [2.05, 4.69) is 6.07 Å². The van der Waals surface area contributed by atoms with Crippen LogP contribution in [0.1, 0.15) is 0 Å². The Morgan fingerprint density at radius 3 is 2.47 bits per heavy atom. The molecule has 4 nitrogen and oxygen atoms in total. The number of hydrogen-bond donors (Lipinski definition) is 0. The van der Waals surface area contributed by atoms with Gasteiger partial charge in [-0.3, -0.25) is 0 Å². The molecule has 0 bridgehead atoms. The molecule has 7 heteroatoms. The second kappa shape index (κ2) is 5.12. The molecule has 1 heterocycles. The van der Waals surface area contributed by atoms with E-state index in [9.17, 15) is 8.42 Å². The Morgan fingerprint density at radius 2 is 1.88 bits per heavy atom. The quantitative estimate of drug-likeness (QED) is 0.836. The molecule has 1 radical (unpaired) electrons. The van der Waals surface area contributed by atoms with Crippen molar-refractivity contribution in [1.82, 2.24) is 4.31 Å². The molecule has 1 aliphatic heterocycles. The number of morpholine rings is 1. The minimum atomic E-state index is -3.58. The highest BCUT2D eigenvalue weighted by atomic mass is 35.5. The molecule has 0 N–H and O–H groups in total. The van der Waals surface area contributed by atoms with E-state index in [1.165, 1.54) is 16.4 Å². The molecule has 0 aliphatic carbocycles. The third-order valence-electron chi connectivity index (χ3n) is 2.36. The molecule has 1 fully saturated rings. The first-order valence-electron chi connectivity index (χ1n) is 4.96. The lowest BCUT2D eigenvalue weighted by Crippen LogP contribution is -2.40. The summed E-state index contributed by atoms with van der Waals surface area (Å²) in [7, 11) is -3.58.